The molecule has 2 aliphatic rings. The van der Waals surface area contributed by atoms with E-state index in [2.05, 4.69) is 16.0 Å². The highest BCUT2D eigenvalue weighted by molar-refractivity contribution is 6.01. The minimum Gasteiger partial charge on any atom is -0.491 e. The Morgan fingerprint density at radius 1 is 1.03 bits per heavy atom. The van der Waals surface area contributed by atoms with Gasteiger partial charge in [-0.15, -0.1) is 0 Å². The molecule has 34 heavy (non-hydrogen) atoms. The summed E-state index contributed by atoms with van der Waals surface area (Å²) in [5.74, 6) is 0.814. The number of fused-ring (bicyclic) bond motifs is 1. The van der Waals surface area contributed by atoms with Crippen molar-refractivity contribution in [3.8, 4) is 17.0 Å². The number of anilines is 2. The second-order valence-corrected chi connectivity index (χ2v) is 9.25. The fourth-order valence-corrected chi connectivity index (χ4v) is 4.98. The molecule has 0 saturated heterocycles. The zero-order valence-electron chi connectivity index (χ0n) is 19.7. The maximum Gasteiger partial charge on any atom is 0.411 e. The van der Waals surface area contributed by atoms with E-state index in [9.17, 15) is 4.79 Å². The third-order valence-corrected chi connectivity index (χ3v) is 6.99. The lowest BCUT2D eigenvalue weighted by atomic mass is 9.92. The number of nitrogens with zero attached hydrogens (tertiary/aromatic N) is 1. The Labute approximate surface area is 200 Å². The van der Waals surface area contributed by atoms with Crippen LogP contribution >= 0.6 is 0 Å². The number of nitrogens with one attached hydrogen (secondary N) is 1. The van der Waals surface area contributed by atoms with Crippen molar-refractivity contribution >= 4 is 28.4 Å². The van der Waals surface area contributed by atoms with Gasteiger partial charge in [-0.25, -0.2) is 4.79 Å². The molecule has 1 heterocycles. The van der Waals surface area contributed by atoms with Crippen LogP contribution in [-0.4, -0.2) is 37.1 Å². The van der Waals surface area contributed by atoms with Gasteiger partial charge in [0.15, 0.2) is 0 Å². The highest BCUT2D eigenvalue weighted by Crippen LogP contribution is 2.45. The van der Waals surface area contributed by atoms with Crippen LogP contribution < -0.4 is 15.8 Å². The van der Waals surface area contributed by atoms with E-state index in [1.165, 1.54) is 6.42 Å². The molecule has 2 saturated carbocycles. The van der Waals surface area contributed by atoms with E-state index < -0.39 is 0 Å². The summed E-state index contributed by atoms with van der Waals surface area (Å²) in [5.41, 5.74) is 11.3. The summed E-state index contributed by atoms with van der Waals surface area (Å²) in [7, 11) is 1.67. The van der Waals surface area contributed by atoms with E-state index in [0.29, 0.717) is 24.9 Å². The maximum absolute atomic E-state index is 12.2. The third-order valence-electron chi connectivity index (χ3n) is 6.99. The van der Waals surface area contributed by atoms with Gasteiger partial charge in [0, 0.05) is 35.9 Å². The lowest BCUT2D eigenvalue weighted by molar-refractivity contribution is 0.114. The van der Waals surface area contributed by atoms with Gasteiger partial charge in [-0.1, -0.05) is 12.1 Å². The standard InChI is InChI=1S/C27H33N3O4/c1-32-15-16-33-22-13-14-23-24(17-22)30(20-5-4-6-20)26(25(23)28)18-9-11-19(12-10-18)29-27(31)34-21-7-2-3-8-21/h9-14,17,20-21H,2-8,15-16,28H2,1H3,(H,29,31). The SMILES string of the molecule is COCCOc1ccc2c(N)c(-c3ccc(NC(=O)OC4CCCC4)cc3)n(C3CCC3)c2c1. The summed E-state index contributed by atoms with van der Waals surface area (Å²) in [4.78, 5) is 12.2. The first-order valence-corrected chi connectivity index (χ1v) is 12.3. The van der Waals surface area contributed by atoms with Crippen molar-refractivity contribution in [1.29, 1.82) is 0 Å². The Kier molecular flexibility index (Phi) is 6.63. The van der Waals surface area contributed by atoms with Crippen molar-refractivity contribution in [2.24, 2.45) is 0 Å². The first-order valence-electron chi connectivity index (χ1n) is 12.3. The third kappa shape index (κ3) is 4.57. The number of nitrogens with two attached hydrogens (primary N) is 1. The van der Waals surface area contributed by atoms with Gasteiger partial charge in [0.2, 0.25) is 0 Å². The predicted octanol–water partition coefficient (Wildman–Crippen LogP) is 6.13. The first-order chi connectivity index (χ1) is 16.6. The van der Waals surface area contributed by atoms with Crippen molar-refractivity contribution in [3.05, 3.63) is 42.5 Å². The molecule has 0 atom stereocenters. The Morgan fingerprint density at radius 3 is 2.47 bits per heavy atom. The normalized spacial score (nSPS) is 16.5. The molecule has 2 aliphatic carbocycles. The number of hydrogen-bond acceptors (Lipinski definition) is 5. The second-order valence-electron chi connectivity index (χ2n) is 9.25. The maximum atomic E-state index is 12.2. The molecule has 5 rings (SSSR count). The summed E-state index contributed by atoms with van der Waals surface area (Å²) in [6, 6.07) is 14.4. The van der Waals surface area contributed by atoms with E-state index in [1.807, 2.05) is 36.4 Å². The van der Waals surface area contributed by atoms with Crippen LogP contribution in [0.25, 0.3) is 22.2 Å². The van der Waals surface area contributed by atoms with Crippen LogP contribution in [0.3, 0.4) is 0 Å². The molecule has 3 aromatic rings. The van der Waals surface area contributed by atoms with Crippen LogP contribution in [0, 0.1) is 0 Å². The summed E-state index contributed by atoms with van der Waals surface area (Å²) in [5, 5.41) is 3.89. The summed E-state index contributed by atoms with van der Waals surface area (Å²) < 4.78 is 18.9. The highest BCUT2D eigenvalue weighted by atomic mass is 16.6. The van der Waals surface area contributed by atoms with Crippen LogP contribution in [0.4, 0.5) is 16.2 Å². The molecule has 1 amide bonds. The second kappa shape index (κ2) is 9.97. The Hall–Kier alpha value is -3.19. The van der Waals surface area contributed by atoms with Gasteiger partial charge >= 0.3 is 6.09 Å². The van der Waals surface area contributed by atoms with Gasteiger partial charge < -0.3 is 24.5 Å². The molecule has 2 aromatic carbocycles. The van der Waals surface area contributed by atoms with Crippen LogP contribution in [-0.2, 0) is 9.47 Å². The molecule has 180 valence electrons. The van der Waals surface area contributed by atoms with E-state index in [4.69, 9.17) is 19.9 Å². The molecule has 7 heteroatoms. The first kappa shape index (κ1) is 22.6. The number of ether oxygens (including phenoxy) is 3. The minimum atomic E-state index is -0.385. The van der Waals surface area contributed by atoms with E-state index >= 15 is 0 Å². The number of carbonyl (C=O) groups excluding carboxylic acids is 1. The average Bonchev–Trinajstić information content (AvgIpc) is 3.40. The van der Waals surface area contributed by atoms with Gasteiger partial charge in [0.25, 0.3) is 0 Å². The lowest BCUT2D eigenvalue weighted by Gasteiger charge is -2.30. The van der Waals surface area contributed by atoms with Crippen LogP contribution in [0.2, 0.25) is 0 Å². The quantitative estimate of drug-likeness (QED) is 0.392. The monoisotopic (exact) mass is 463 g/mol. The molecule has 0 unspecified atom stereocenters. The Morgan fingerprint density at radius 2 is 1.79 bits per heavy atom. The number of carbonyl (C=O) groups is 1. The van der Waals surface area contributed by atoms with E-state index in [1.54, 1.807) is 7.11 Å². The number of methoxy groups -OCH3 is 1. The number of rotatable bonds is 8. The van der Waals surface area contributed by atoms with Crippen molar-refractivity contribution < 1.29 is 19.0 Å². The molecule has 0 aliphatic heterocycles. The fraction of sp³-hybridized carbons (Fsp3) is 0.444. The number of aromatic nitrogens is 1. The Balaban J connectivity index is 1.41. The highest BCUT2D eigenvalue weighted by Gasteiger charge is 2.27. The van der Waals surface area contributed by atoms with Gasteiger partial charge in [-0.3, -0.25) is 5.32 Å². The lowest BCUT2D eigenvalue weighted by Crippen LogP contribution is -2.20. The predicted molar refractivity (Wildman–Crippen MR) is 134 cm³/mol. The molecule has 2 fully saturated rings. The molecule has 0 spiro atoms. The Bertz CT molecular complexity index is 1140. The number of benzene rings is 2. The zero-order valence-corrected chi connectivity index (χ0v) is 19.7. The average molecular weight is 464 g/mol. The zero-order chi connectivity index (χ0) is 23.5. The minimum absolute atomic E-state index is 0.0422. The smallest absolute Gasteiger partial charge is 0.411 e. The number of nitrogen functional groups attached to an aromatic ring is 1. The van der Waals surface area contributed by atoms with Crippen molar-refractivity contribution in [2.75, 3.05) is 31.4 Å². The van der Waals surface area contributed by atoms with E-state index in [-0.39, 0.29) is 12.2 Å². The van der Waals surface area contributed by atoms with Gasteiger partial charge in [0.05, 0.1) is 23.5 Å². The molecular formula is C27H33N3O4. The molecule has 3 N–H and O–H groups in total. The van der Waals surface area contributed by atoms with Gasteiger partial charge in [-0.05, 0) is 69.2 Å². The molecule has 0 bridgehead atoms. The van der Waals surface area contributed by atoms with Crippen molar-refractivity contribution in [1.82, 2.24) is 4.57 Å². The molecule has 1 aromatic heterocycles. The van der Waals surface area contributed by atoms with Crippen LogP contribution in [0.5, 0.6) is 5.75 Å². The number of hydrogen-bond donors (Lipinski definition) is 2. The largest absolute Gasteiger partial charge is 0.491 e. The topological polar surface area (TPSA) is 87.7 Å². The number of amides is 1. The summed E-state index contributed by atoms with van der Waals surface area (Å²) in [6.45, 7) is 1.05. The fourth-order valence-electron chi connectivity index (χ4n) is 4.98. The van der Waals surface area contributed by atoms with Gasteiger partial charge in [-0.2, -0.15) is 0 Å². The van der Waals surface area contributed by atoms with Crippen molar-refractivity contribution in [2.45, 2.75) is 57.1 Å². The summed E-state index contributed by atoms with van der Waals surface area (Å²) >= 11 is 0. The van der Waals surface area contributed by atoms with Crippen LogP contribution in [0.15, 0.2) is 42.5 Å². The summed E-state index contributed by atoms with van der Waals surface area (Å²) in [6.07, 6.45) is 7.32. The van der Waals surface area contributed by atoms with Gasteiger partial charge in [0.1, 0.15) is 18.5 Å². The van der Waals surface area contributed by atoms with Crippen LogP contribution in [0.1, 0.15) is 51.0 Å². The van der Waals surface area contributed by atoms with E-state index in [0.717, 1.165) is 72.1 Å². The molecule has 0 radical (unpaired) electrons. The molecular weight excluding hydrogens is 430 g/mol. The van der Waals surface area contributed by atoms with Crippen molar-refractivity contribution in [3.63, 3.8) is 0 Å². The molecule has 7 nitrogen and oxygen atoms in total.